The molecule has 33 heavy (non-hydrogen) atoms. The van der Waals surface area contributed by atoms with E-state index >= 15 is 0 Å². The lowest BCUT2D eigenvalue weighted by Gasteiger charge is -2.30. The summed E-state index contributed by atoms with van der Waals surface area (Å²) in [4.78, 5) is 17.8. The Morgan fingerprint density at radius 2 is 2.03 bits per heavy atom. The van der Waals surface area contributed by atoms with Gasteiger partial charge in [-0.05, 0) is 43.2 Å². The SMILES string of the molecule is COc1ccc(OC)c(CNC(=O)c2nc(C3CCCN(S(C)(=O)=O)C3)n3ccccc23)c1. The predicted molar refractivity (Wildman–Crippen MR) is 124 cm³/mol. The van der Waals surface area contributed by atoms with Gasteiger partial charge in [-0.3, -0.25) is 4.79 Å². The topological polar surface area (TPSA) is 102 Å². The van der Waals surface area contributed by atoms with Crippen LogP contribution in [0.2, 0.25) is 0 Å². The number of amides is 1. The molecule has 1 aromatic carbocycles. The van der Waals surface area contributed by atoms with Gasteiger partial charge in [-0.25, -0.2) is 17.7 Å². The van der Waals surface area contributed by atoms with E-state index in [1.54, 1.807) is 26.4 Å². The molecule has 1 fully saturated rings. The molecule has 176 valence electrons. The number of fused-ring (bicyclic) bond motifs is 1. The van der Waals surface area contributed by atoms with Crippen molar-refractivity contribution in [2.75, 3.05) is 33.6 Å². The summed E-state index contributed by atoms with van der Waals surface area (Å²) in [5, 5.41) is 2.93. The second-order valence-electron chi connectivity index (χ2n) is 8.10. The van der Waals surface area contributed by atoms with E-state index < -0.39 is 10.0 Å². The average Bonchev–Trinajstić information content (AvgIpc) is 3.22. The number of carbonyl (C=O) groups is 1. The van der Waals surface area contributed by atoms with Gasteiger partial charge in [0.25, 0.3) is 5.91 Å². The quantitative estimate of drug-likeness (QED) is 0.567. The van der Waals surface area contributed by atoms with Gasteiger partial charge in [0.15, 0.2) is 5.69 Å². The fourth-order valence-electron chi connectivity index (χ4n) is 4.25. The Bertz CT molecular complexity index is 1270. The van der Waals surface area contributed by atoms with Crippen LogP contribution in [0, 0.1) is 0 Å². The fourth-order valence-corrected chi connectivity index (χ4v) is 5.16. The van der Waals surface area contributed by atoms with Crippen LogP contribution in [0.1, 0.15) is 40.6 Å². The molecule has 1 saturated heterocycles. The molecule has 2 aromatic heterocycles. The number of methoxy groups -OCH3 is 2. The van der Waals surface area contributed by atoms with Crippen LogP contribution >= 0.6 is 0 Å². The van der Waals surface area contributed by atoms with Gasteiger partial charge in [0, 0.05) is 37.3 Å². The molecule has 1 amide bonds. The highest BCUT2D eigenvalue weighted by Gasteiger charge is 2.30. The first kappa shape index (κ1) is 23.1. The lowest BCUT2D eigenvalue weighted by atomic mass is 9.99. The highest BCUT2D eigenvalue weighted by molar-refractivity contribution is 7.88. The molecule has 1 unspecified atom stereocenters. The van der Waals surface area contributed by atoms with E-state index in [0.717, 1.165) is 18.4 Å². The number of hydrogen-bond acceptors (Lipinski definition) is 6. The van der Waals surface area contributed by atoms with Crippen LogP contribution in [0.5, 0.6) is 11.5 Å². The third kappa shape index (κ3) is 4.81. The van der Waals surface area contributed by atoms with Crippen molar-refractivity contribution in [3.63, 3.8) is 0 Å². The number of benzene rings is 1. The third-order valence-electron chi connectivity index (χ3n) is 5.94. The van der Waals surface area contributed by atoms with Gasteiger partial charge in [0.1, 0.15) is 17.3 Å². The molecular weight excluding hydrogens is 444 g/mol. The van der Waals surface area contributed by atoms with Gasteiger partial charge >= 0.3 is 0 Å². The maximum atomic E-state index is 13.1. The lowest BCUT2D eigenvalue weighted by molar-refractivity contribution is 0.0947. The minimum atomic E-state index is -3.29. The van der Waals surface area contributed by atoms with Gasteiger partial charge in [-0.1, -0.05) is 6.07 Å². The number of ether oxygens (including phenoxy) is 2. The molecule has 3 aromatic rings. The molecule has 1 aliphatic rings. The van der Waals surface area contributed by atoms with Crippen molar-refractivity contribution in [1.82, 2.24) is 19.0 Å². The van der Waals surface area contributed by atoms with Crippen molar-refractivity contribution in [3.05, 3.63) is 59.7 Å². The van der Waals surface area contributed by atoms with Crippen molar-refractivity contribution in [3.8, 4) is 11.5 Å². The number of nitrogens with one attached hydrogen (secondary N) is 1. The molecule has 1 atom stereocenters. The van der Waals surface area contributed by atoms with E-state index in [1.165, 1.54) is 10.6 Å². The molecular formula is C23H28N4O5S. The van der Waals surface area contributed by atoms with Crippen molar-refractivity contribution in [1.29, 1.82) is 0 Å². The average molecular weight is 473 g/mol. The Kier molecular flexibility index (Phi) is 6.57. The van der Waals surface area contributed by atoms with Crippen LogP contribution in [-0.4, -0.2) is 61.6 Å². The molecule has 9 nitrogen and oxygen atoms in total. The minimum Gasteiger partial charge on any atom is -0.497 e. The van der Waals surface area contributed by atoms with Crippen LogP contribution in [0.15, 0.2) is 42.6 Å². The molecule has 4 rings (SSSR count). The van der Waals surface area contributed by atoms with Crippen molar-refractivity contribution in [2.24, 2.45) is 0 Å². The molecule has 1 aliphatic heterocycles. The zero-order valence-corrected chi connectivity index (χ0v) is 19.8. The first-order chi connectivity index (χ1) is 15.8. The number of hydrogen-bond donors (Lipinski definition) is 1. The van der Waals surface area contributed by atoms with Crippen molar-refractivity contribution < 1.29 is 22.7 Å². The second kappa shape index (κ2) is 9.40. The van der Waals surface area contributed by atoms with Gasteiger partial charge in [-0.2, -0.15) is 0 Å². The Labute approximate surface area is 193 Å². The molecule has 0 aliphatic carbocycles. The Morgan fingerprint density at radius 3 is 2.76 bits per heavy atom. The number of aromatic nitrogens is 2. The number of carbonyl (C=O) groups excluding carboxylic acids is 1. The summed E-state index contributed by atoms with van der Waals surface area (Å²) in [6.07, 6.45) is 4.64. The number of piperidine rings is 1. The molecule has 0 radical (unpaired) electrons. The summed E-state index contributed by atoms with van der Waals surface area (Å²) in [5.41, 5.74) is 1.77. The molecule has 1 N–H and O–H groups in total. The molecule has 0 spiro atoms. The van der Waals surface area contributed by atoms with Gasteiger partial charge in [-0.15, -0.1) is 0 Å². The van der Waals surface area contributed by atoms with Crippen LogP contribution in [-0.2, 0) is 16.6 Å². The van der Waals surface area contributed by atoms with E-state index in [-0.39, 0.29) is 18.4 Å². The Balaban J connectivity index is 1.61. The third-order valence-corrected chi connectivity index (χ3v) is 7.21. The lowest BCUT2D eigenvalue weighted by Crippen LogP contribution is -2.38. The van der Waals surface area contributed by atoms with Crippen LogP contribution < -0.4 is 14.8 Å². The summed E-state index contributed by atoms with van der Waals surface area (Å²) in [6, 6.07) is 11.0. The zero-order valence-electron chi connectivity index (χ0n) is 18.9. The highest BCUT2D eigenvalue weighted by Crippen LogP contribution is 2.29. The number of nitrogens with zero attached hydrogens (tertiary/aromatic N) is 3. The number of rotatable bonds is 7. The first-order valence-corrected chi connectivity index (χ1v) is 12.6. The van der Waals surface area contributed by atoms with Gasteiger partial charge in [0.2, 0.25) is 10.0 Å². The van der Waals surface area contributed by atoms with Gasteiger partial charge in [0.05, 0.1) is 26.0 Å². The molecule has 3 heterocycles. The van der Waals surface area contributed by atoms with E-state index in [9.17, 15) is 13.2 Å². The summed E-state index contributed by atoms with van der Waals surface area (Å²) in [5.74, 6) is 1.61. The molecule has 0 saturated carbocycles. The second-order valence-corrected chi connectivity index (χ2v) is 10.1. The van der Waals surface area contributed by atoms with E-state index in [0.29, 0.717) is 41.6 Å². The van der Waals surface area contributed by atoms with Crippen LogP contribution in [0.3, 0.4) is 0 Å². The standard InChI is InChI=1S/C23H28N4O5S/c1-31-18-9-10-20(32-2)17(13-18)14-24-23(28)21-19-8-4-5-12-27(19)22(25-21)16-7-6-11-26(15-16)33(3,29)30/h4-5,8-10,12-13,16H,6-7,11,14-15H2,1-3H3,(H,24,28). The minimum absolute atomic E-state index is 0.0941. The normalized spacial score (nSPS) is 17.1. The van der Waals surface area contributed by atoms with Crippen LogP contribution in [0.25, 0.3) is 5.52 Å². The number of imidazole rings is 1. The van der Waals surface area contributed by atoms with E-state index in [1.807, 2.05) is 34.9 Å². The fraction of sp³-hybridized carbons (Fsp3) is 0.391. The molecule has 0 bridgehead atoms. The summed E-state index contributed by atoms with van der Waals surface area (Å²) in [7, 11) is -0.128. The number of sulfonamides is 1. The van der Waals surface area contributed by atoms with Crippen LogP contribution in [0.4, 0.5) is 0 Å². The van der Waals surface area contributed by atoms with E-state index in [4.69, 9.17) is 14.5 Å². The summed E-state index contributed by atoms with van der Waals surface area (Å²) >= 11 is 0. The summed E-state index contributed by atoms with van der Waals surface area (Å²) < 4.78 is 38.2. The Hall–Kier alpha value is -3.11. The predicted octanol–water partition coefficient (Wildman–Crippen LogP) is 2.42. The van der Waals surface area contributed by atoms with Crippen molar-refractivity contribution in [2.45, 2.75) is 25.3 Å². The smallest absolute Gasteiger partial charge is 0.272 e. The number of pyridine rings is 1. The monoisotopic (exact) mass is 472 g/mol. The van der Waals surface area contributed by atoms with Crippen molar-refractivity contribution >= 4 is 21.4 Å². The van der Waals surface area contributed by atoms with E-state index in [2.05, 4.69) is 5.32 Å². The Morgan fingerprint density at radius 1 is 1.21 bits per heavy atom. The molecule has 10 heteroatoms. The largest absolute Gasteiger partial charge is 0.497 e. The maximum absolute atomic E-state index is 13.1. The maximum Gasteiger partial charge on any atom is 0.272 e. The highest BCUT2D eigenvalue weighted by atomic mass is 32.2. The van der Waals surface area contributed by atoms with Gasteiger partial charge < -0.3 is 19.2 Å². The summed E-state index contributed by atoms with van der Waals surface area (Å²) in [6.45, 7) is 1.11. The first-order valence-electron chi connectivity index (χ1n) is 10.7. The zero-order chi connectivity index (χ0) is 23.6.